The summed E-state index contributed by atoms with van der Waals surface area (Å²) in [6.45, 7) is 4.61. The van der Waals surface area contributed by atoms with Gasteiger partial charge in [-0.05, 0) is 25.6 Å². The molecule has 0 aliphatic rings. The summed E-state index contributed by atoms with van der Waals surface area (Å²) in [6.07, 6.45) is 21.6. The summed E-state index contributed by atoms with van der Waals surface area (Å²) < 4.78 is 0. The van der Waals surface area contributed by atoms with E-state index in [-0.39, 0.29) is 12.4 Å². The molecule has 0 fully saturated rings. The molecule has 1 rings (SSSR count). The first-order valence-electron chi connectivity index (χ1n) is 11.6. The minimum atomic E-state index is 0. The monoisotopic (exact) mass is 395 g/mol. The van der Waals surface area contributed by atoms with E-state index in [2.05, 4.69) is 49.2 Å². The fourth-order valence-corrected chi connectivity index (χ4v) is 3.73. The van der Waals surface area contributed by atoms with E-state index in [0.717, 1.165) is 6.54 Å². The topological polar surface area (TPSA) is 3.24 Å². The van der Waals surface area contributed by atoms with Gasteiger partial charge in [0, 0.05) is 6.54 Å². The van der Waals surface area contributed by atoms with E-state index in [4.69, 9.17) is 0 Å². The van der Waals surface area contributed by atoms with E-state index < -0.39 is 0 Å². The van der Waals surface area contributed by atoms with Crippen LogP contribution in [-0.4, -0.2) is 18.5 Å². The van der Waals surface area contributed by atoms with Gasteiger partial charge in [0.1, 0.15) is 0 Å². The number of unbranched alkanes of at least 4 members (excludes halogenated alkanes) is 14. The third-order valence-corrected chi connectivity index (χ3v) is 5.44. The first kappa shape index (κ1) is 26.5. The number of benzene rings is 1. The van der Waals surface area contributed by atoms with Crippen LogP contribution in [0.25, 0.3) is 0 Å². The average molecular weight is 396 g/mol. The predicted molar refractivity (Wildman–Crippen MR) is 125 cm³/mol. The Balaban J connectivity index is 0.00000676. The quantitative estimate of drug-likeness (QED) is 0.225. The summed E-state index contributed by atoms with van der Waals surface area (Å²) in [6, 6.07) is 10.8. The van der Waals surface area contributed by atoms with Crippen molar-refractivity contribution < 1.29 is 0 Å². The summed E-state index contributed by atoms with van der Waals surface area (Å²) in [5.74, 6) is 0. The molecule has 0 spiro atoms. The Morgan fingerprint density at radius 1 is 0.593 bits per heavy atom. The fraction of sp³-hybridized carbons (Fsp3) is 0.760. The lowest BCUT2D eigenvalue weighted by atomic mass is 10.0. The highest BCUT2D eigenvalue weighted by Crippen LogP contribution is 2.13. The van der Waals surface area contributed by atoms with Crippen LogP contribution in [-0.2, 0) is 6.54 Å². The molecule has 0 atom stereocenters. The lowest BCUT2D eigenvalue weighted by Crippen LogP contribution is -2.18. The Bertz CT molecular complexity index is 393. The van der Waals surface area contributed by atoms with Gasteiger partial charge < -0.3 is 4.90 Å². The van der Waals surface area contributed by atoms with Gasteiger partial charge in [-0.1, -0.05) is 127 Å². The van der Waals surface area contributed by atoms with Gasteiger partial charge in [0.05, 0.1) is 0 Å². The summed E-state index contributed by atoms with van der Waals surface area (Å²) in [5, 5.41) is 0. The van der Waals surface area contributed by atoms with Gasteiger partial charge in [-0.15, -0.1) is 12.4 Å². The van der Waals surface area contributed by atoms with Crippen LogP contribution >= 0.6 is 12.4 Å². The highest BCUT2D eigenvalue weighted by Gasteiger charge is 2.00. The molecule has 0 unspecified atom stereocenters. The molecule has 0 bridgehead atoms. The van der Waals surface area contributed by atoms with Crippen molar-refractivity contribution in [3.8, 4) is 0 Å². The van der Waals surface area contributed by atoms with Crippen LogP contribution in [0.15, 0.2) is 30.3 Å². The van der Waals surface area contributed by atoms with E-state index >= 15 is 0 Å². The molecule has 0 heterocycles. The van der Waals surface area contributed by atoms with Gasteiger partial charge in [0.25, 0.3) is 0 Å². The molecule has 0 amide bonds. The van der Waals surface area contributed by atoms with Crippen molar-refractivity contribution in [1.82, 2.24) is 4.90 Å². The zero-order valence-electron chi connectivity index (χ0n) is 18.3. The number of hydrogen-bond donors (Lipinski definition) is 0. The lowest BCUT2D eigenvalue weighted by Gasteiger charge is -2.16. The Kier molecular flexibility index (Phi) is 19.8. The van der Waals surface area contributed by atoms with Gasteiger partial charge >= 0.3 is 0 Å². The molecular weight excluding hydrogens is 350 g/mol. The van der Waals surface area contributed by atoms with E-state index in [0.29, 0.717) is 0 Å². The second-order valence-corrected chi connectivity index (χ2v) is 8.17. The van der Waals surface area contributed by atoms with Crippen molar-refractivity contribution in [2.24, 2.45) is 0 Å². The molecular formula is C25H46ClN. The van der Waals surface area contributed by atoms with Gasteiger partial charge in [-0.2, -0.15) is 0 Å². The zero-order chi connectivity index (χ0) is 18.7. The molecule has 0 aliphatic heterocycles. The lowest BCUT2D eigenvalue weighted by molar-refractivity contribution is 0.316. The standard InChI is InChI=1S/C25H45N.ClH/c1-3-4-5-6-7-8-9-10-11-12-13-14-15-16-20-23-26(2)24-25-21-18-17-19-22-25;/h17-19,21-22H,3-16,20,23-24H2,1-2H3;1H. The fourth-order valence-electron chi connectivity index (χ4n) is 3.73. The number of halogens is 1. The highest BCUT2D eigenvalue weighted by atomic mass is 35.5. The van der Waals surface area contributed by atoms with Gasteiger partial charge in [-0.25, -0.2) is 0 Å². The molecule has 2 heteroatoms. The van der Waals surface area contributed by atoms with Crippen LogP contribution < -0.4 is 0 Å². The van der Waals surface area contributed by atoms with E-state index in [9.17, 15) is 0 Å². The highest BCUT2D eigenvalue weighted by molar-refractivity contribution is 5.85. The molecule has 1 aromatic rings. The van der Waals surface area contributed by atoms with Gasteiger partial charge in [-0.3, -0.25) is 0 Å². The summed E-state index contributed by atoms with van der Waals surface area (Å²) in [5.41, 5.74) is 1.43. The summed E-state index contributed by atoms with van der Waals surface area (Å²) >= 11 is 0. The van der Waals surface area contributed by atoms with Crippen LogP contribution in [0.4, 0.5) is 0 Å². The Morgan fingerprint density at radius 3 is 1.44 bits per heavy atom. The Labute approximate surface area is 176 Å². The maximum absolute atomic E-state index is 2.46. The molecule has 0 N–H and O–H groups in total. The predicted octanol–water partition coefficient (Wildman–Crippen LogP) is 8.41. The van der Waals surface area contributed by atoms with Crippen LogP contribution in [0, 0.1) is 0 Å². The molecule has 0 saturated carbocycles. The third kappa shape index (κ3) is 17.3. The minimum absolute atomic E-state index is 0. The molecule has 0 aliphatic carbocycles. The third-order valence-electron chi connectivity index (χ3n) is 5.44. The smallest absolute Gasteiger partial charge is 0.0230 e. The van der Waals surface area contributed by atoms with E-state index in [1.165, 1.54) is 108 Å². The molecule has 158 valence electrons. The number of nitrogens with zero attached hydrogens (tertiary/aromatic N) is 1. The first-order chi connectivity index (χ1) is 12.8. The molecule has 0 radical (unpaired) electrons. The SMILES string of the molecule is CCCCCCCCCCCCCCCCCN(C)Cc1ccccc1.Cl. The van der Waals surface area contributed by atoms with Crippen molar-refractivity contribution in [3.05, 3.63) is 35.9 Å². The van der Waals surface area contributed by atoms with E-state index in [1.807, 2.05) is 0 Å². The van der Waals surface area contributed by atoms with Crippen molar-refractivity contribution in [2.75, 3.05) is 13.6 Å². The van der Waals surface area contributed by atoms with Crippen molar-refractivity contribution in [3.63, 3.8) is 0 Å². The largest absolute Gasteiger partial charge is 0.302 e. The number of rotatable bonds is 18. The summed E-state index contributed by atoms with van der Waals surface area (Å²) in [7, 11) is 2.25. The van der Waals surface area contributed by atoms with Crippen LogP contribution in [0.1, 0.15) is 109 Å². The Morgan fingerprint density at radius 2 is 1.00 bits per heavy atom. The maximum Gasteiger partial charge on any atom is 0.0230 e. The molecule has 0 saturated heterocycles. The van der Waals surface area contributed by atoms with Crippen LogP contribution in [0.3, 0.4) is 0 Å². The second-order valence-electron chi connectivity index (χ2n) is 8.17. The maximum atomic E-state index is 2.46. The van der Waals surface area contributed by atoms with Crippen molar-refractivity contribution >= 4 is 12.4 Å². The molecule has 1 nitrogen and oxygen atoms in total. The van der Waals surface area contributed by atoms with Crippen molar-refractivity contribution in [1.29, 1.82) is 0 Å². The summed E-state index contributed by atoms with van der Waals surface area (Å²) in [4.78, 5) is 2.46. The van der Waals surface area contributed by atoms with Gasteiger partial charge in [0.15, 0.2) is 0 Å². The van der Waals surface area contributed by atoms with Gasteiger partial charge in [0.2, 0.25) is 0 Å². The minimum Gasteiger partial charge on any atom is -0.302 e. The molecule has 0 aromatic heterocycles. The number of hydrogen-bond acceptors (Lipinski definition) is 1. The Hall–Kier alpha value is -0.530. The van der Waals surface area contributed by atoms with Crippen LogP contribution in [0.5, 0.6) is 0 Å². The molecule has 27 heavy (non-hydrogen) atoms. The van der Waals surface area contributed by atoms with Crippen LogP contribution in [0.2, 0.25) is 0 Å². The molecule has 1 aromatic carbocycles. The average Bonchev–Trinajstić information content (AvgIpc) is 2.65. The van der Waals surface area contributed by atoms with Crippen molar-refractivity contribution in [2.45, 2.75) is 110 Å². The zero-order valence-corrected chi connectivity index (χ0v) is 19.1. The first-order valence-corrected chi connectivity index (χ1v) is 11.6. The normalized spacial score (nSPS) is 10.9. The second kappa shape index (κ2) is 20.2. The van der Waals surface area contributed by atoms with E-state index in [1.54, 1.807) is 0 Å².